The molecule has 2 aliphatic rings. The fraction of sp³-hybridized carbons (Fsp3) is 0.611. The van der Waals surface area contributed by atoms with Crippen LogP contribution in [0.3, 0.4) is 0 Å². The summed E-state index contributed by atoms with van der Waals surface area (Å²) < 4.78 is 36.8. The first-order chi connectivity index (χ1) is 12.4. The van der Waals surface area contributed by atoms with Gasteiger partial charge in [0.15, 0.2) is 11.5 Å². The lowest BCUT2D eigenvalue weighted by molar-refractivity contribution is -0.122. The summed E-state index contributed by atoms with van der Waals surface area (Å²) in [6, 6.07) is 5.65. The summed E-state index contributed by atoms with van der Waals surface area (Å²) in [4.78, 5) is 12.3. The van der Waals surface area contributed by atoms with Crippen molar-refractivity contribution in [3.63, 3.8) is 0 Å². The minimum absolute atomic E-state index is 0.00772. The van der Waals surface area contributed by atoms with Crippen molar-refractivity contribution in [3.8, 4) is 11.5 Å². The number of benzene rings is 1. The van der Waals surface area contributed by atoms with E-state index in [1.54, 1.807) is 6.92 Å². The third-order valence-corrected chi connectivity index (χ3v) is 6.30. The molecule has 1 aromatic carbocycles. The Bertz CT molecular complexity index is 750. The molecule has 144 valence electrons. The molecule has 0 spiro atoms. The second-order valence-electron chi connectivity index (χ2n) is 6.84. The quantitative estimate of drug-likeness (QED) is 0.749. The molecule has 0 aromatic heterocycles. The molecule has 1 fully saturated rings. The molecule has 1 aliphatic heterocycles. The van der Waals surface area contributed by atoms with E-state index in [9.17, 15) is 13.2 Å². The number of nitrogens with one attached hydrogen (secondary N) is 2. The fourth-order valence-electron chi connectivity index (χ4n) is 3.42. The van der Waals surface area contributed by atoms with Gasteiger partial charge in [0.2, 0.25) is 22.7 Å². The normalized spacial score (nSPS) is 22.2. The Balaban J connectivity index is 1.45. The number of carbonyl (C=O) groups excluding carboxylic acids is 1. The number of ether oxygens (including phenoxy) is 2. The first-order valence-corrected chi connectivity index (χ1v) is 10.8. The Kier molecular flexibility index (Phi) is 6.03. The maximum Gasteiger partial charge on any atom is 0.231 e. The number of hydrogen-bond acceptors (Lipinski definition) is 5. The summed E-state index contributed by atoms with van der Waals surface area (Å²) >= 11 is 0. The zero-order chi connectivity index (χ0) is 18.6. The molecule has 2 atom stereocenters. The first kappa shape index (κ1) is 19.0. The van der Waals surface area contributed by atoms with Crippen LogP contribution in [-0.2, 0) is 21.2 Å². The van der Waals surface area contributed by atoms with Crippen molar-refractivity contribution in [1.29, 1.82) is 0 Å². The molecule has 1 heterocycles. The lowest BCUT2D eigenvalue weighted by Gasteiger charge is -2.30. The van der Waals surface area contributed by atoms with E-state index in [2.05, 4.69) is 10.0 Å². The molecule has 1 aliphatic carbocycles. The highest BCUT2D eigenvalue weighted by Crippen LogP contribution is 2.32. The van der Waals surface area contributed by atoms with Crippen LogP contribution in [0.2, 0.25) is 0 Å². The van der Waals surface area contributed by atoms with Gasteiger partial charge in [-0.05, 0) is 56.7 Å². The predicted octanol–water partition coefficient (Wildman–Crippen LogP) is 1.71. The molecule has 8 heteroatoms. The summed E-state index contributed by atoms with van der Waals surface area (Å²) in [5, 5.41) is 3.05. The van der Waals surface area contributed by atoms with Gasteiger partial charge in [-0.25, -0.2) is 13.1 Å². The minimum atomic E-state index is -3.21. The highest BCUT2D eigenvalue weighted by Gasteiger charge is 2.26. The molecule has 7 nitrogen and oxygen atoms in total. The smallest absolute Gasteiger partial charge is 0.231 e. The first-order valence-electron chi connectivity index (χ1n) is 9.13. The van der Waals surface area contributed by atoms with E-state index in [4.69, 9.17) is 9.47 Å². The van der Waals surface area contributed by atoms with Gasteiger partial charge >= 0.3 is 0 Å². The molecule has 2 N–H and O–H groups in total. The average molecular weight is 382 g/mol. The SMILES string of the molecule is CCS(=O)(=O)N[C@H]1CCC[C@@H](NC(=O)CCc2ccc3c(c2)OCO3)C1. The van der Waals surface area contributed by atoms with E-state index in [0.29, 0.717) is 19.3 Å². The molecule has 0 bridgehead atoms. The molecule has 0 radical (unpaired) electrons. The Morgan fingerprint density at radius 2 is 1.96 bits per heavy atom. The summed E-state index contributed by atoms with van der Waals surface area (Å²) in [7, 11) is -3.21. The minimum Gasteiger partial charge on any atom is -0.454 e. The molecule has 1 aromatic rings. The number of fused-ring (bicyclic) bond motifs is 1. The van der Waals surface area contributed by atoms with E-state index >= 15 is 0 Å². The lowest BCUT2D eigenvalue weighted by atomic mass is 9.91. The second-order valence-corrected chi connectivity index (χ2v) is 8.88. The summed E-state index contributed by atoms with van der Waals surface area (Å²) in [6.07, 6.45) is 4.28. The largest absolute Gasteiger partial charge is 0.454 e. The van der Waals surface area contributed by atoms with Gasteiger partial charge in [-0.2, -0.15) is 0 Å². The maximum atomic E-state index is 12.3. The third-order valence-electron chi connectivity index (χ3n) is 4.84. The van der Waals surface area contributed by atoms with Crippen LogP contribution in [-0.4, -0.2) is 39.0 Å². The van der Waals surface area contributed by atoms with E-state index in [1.807, 2.05) is 18.2 Å². The maximum absolute atomic E-state index is 12.3. The third kappa shape index (κ3) is 5.11. The molecule has 1 saturated carbocycles. The highest BCUT2D eigenvalue weighted by atomic mass is 32.2. The van der Waals surface area contributed by atoms with Gasteiger partial charge in [-0.3, -0.25) is 4.79 Å². The van der Waals surface area contributed by atoms with Crippen LogP contribution in [0.15, 0.2) is 18.2 Å². The van der Waals surface area contributed by atoms with Crippen molar-refractivity contribution < 1.29 is 22.7 Å². The van der Waals surface area contributed by atoms with Crippen LogP contribution < -0.4 is 19.5 Å². The summed E-state index contributed by atoms with van der Waals surface area (Å²) in [6.45, 7) is 1.87. The Labute approximate surface area is 154 Å². The predicted molar refractivity (Wildman–Crippen MR) is 97.7 cm³/mol. The van der Waals surface area contributed by atoms with Crippen molar-refractivity contribution in [2.45, 2.75) is 57.5 Å². The lowest BCUT2D eigenvalue weighted by Crippen LogP contribution is -2.46. The van der Waals surface area contributed by atoms with E-state index in [0.717, 1.165) is 36.3 Å². The Hall–Kier alpha value is -1.80. The number of rotatable bonds is 7. The number of hydrogen-bond donors (Lipinski definition) is 2. The molecular formula is C18H26N2O5S. The molecule has 1 amide bonds. The standard InChI is InChI=1S/C18H26N2O5S/c1-2-26(22,23)20-15-5-3-4-14(11-15)19-18(21)9-7-13-6-8-16-17(10-13)25-12-24-16/h6,8,10,14-15,20H,2-5,7,9,11-12H2,1H3,(H,19,21)/t14-,15+/m1/s1. The van der Waals surface area contributed by atoms with Gasteiger partial charge in [-0.15, -0.1) is 0 Å². The molecule has 0 saturated heterocycles. The topological polar surface area (TPSA) is 93.7 Å². The van der Waals surface area contributed by atoms with Crippen LogP contribution in [0.25, 0.3) is 0 Å². The van der Waals surface area contributed by atoms with Crippen molar-refractivity contribution >= 4 is 15.9 Å². The fourth-order valence-corrected chi connectivity index (χ4v) is 4.31. The number of amides is 1. The highest BCUT2D eigenvalue weighted by molar-refractivity contribution is 7.89. The van der Waals surface area contributed by atoms with Crippen LogP contribution in [0.4, 0.5) is 0 Å². The molecular weight excluding hydrogens is 356 g/mol. The summed E-state index contributed by atoms with van der Waals surface area (Å²) in [5.41, 5.74) is 1.03. The van der Waals surface area contributed by atoms with Crippen molar-refractivity contribution in [1.82, 2.24) is 10.0 Å². The number of sulfonamides is 1. The molecule has 0 unspecified atom stereocenters. The van der Waals surface area contributed by atoms with Gasteiger partial charge in [0.05, 0.1) is 5.75 Å². The molecule has 3 rings (SSSR count). The average Bonchev–Trinajstić information content (AvgIpc) is 3.07. The zero-order valence-electron chi connectivity index (χ0n) is 15.0. The van der Waals surface area contributed by atoms with Gasteiger partial charge in [0.1, 0.15) is 0 Å². The Morgan fingerprint density at radius 3 is 2.77 bits per heavy atom. The molecule has 26 heavy (non-hydrogen) atoms. The van der Waals surface area contributed by atoms with E-state index in [1.165, 1.54) is 0 Å². The van der Waals surface area contributed by atoms with Gasteiger partial charge in [0, 0.05) is 18.5 Å². The van der Waals surface area contributed by atoms with Gasteiger partial charge in [0.25, 0.3) is 0 Å². The second kappa shape index (κ2) is 8.26. The summed E-state index contributed by atoms with van der Waals surface area (Å²) in [5.74, 6) is 1.53. The Morgan fingerprint density at radius 1 is 1.19 bits per heavy atom. The monoisotopic (exact) mass is 382 g/mol. The van der Waals surface area contributed by atoms with Gasteiger partial charge in [-0.1, -0.05) is 6.07 Å². The van der Waals surface area contributed by atoms with Crippen LogP contribution >= 0.6 is 0 Å². The van der Waals surface area contributed by atoms with E-state index < -0.39 is 10.0 Å². The van der Waals surface area contributed by atoms with Crippen LogP contribution in [0.1, 0.15) is 44.6 Å². The van der Waals surface area contributed by atoms with Crippen molar-refractivity contribution in [2.24, 2.45) is 0 Å². The van der Waals surface area contributed by atoms with Crippen molar-refractivity contribution in [3.05, 3.63) is 23.8 Å². The van der Waals surface area contributed by atoms with Gasteiger partial charge < -0.3 is 14.8 Å². The zero-order valence-corrected chi connectivity index (χ0v) is 15.8. The van der Waals surface area contributed by atoms with Crippen molar-refractivity contribution in [2.75, 3.05) is 12.5 Å². The number of aryl methyl sites for hydroxylation is 1. The van der Waals surface area contributed by atoms with Crippen LogP contribution in [0, 0.1) is 0 Å². The van der Waals surface area contributed by atoms with E-state index in [-0.39, 0.29) is 30.5 Å². The number of carbonyl (C=O) groups is 1. The van der Waals surface area contributed by atoms with Crippen LogP contribution in [0.5, 0.6) is 11.5 Å².